The van der Waals surface area contributed by atoms with E-state index in [1.54, 1.807) is 12.1 Å². The highest BCUT2D eigenvalue weighted by Crippen LogP contribution is 2.26. The van der Waals surface area contributed by atoms with Gasteiger partial charge in [0, 0.05) is 18.7 Å². The Morgan fingerprint density at radius 1 is 1.05 bits per heavy atom. The molecule has 0 amide bonds. The topological polar surface area (TPSA) is 40.7 Å². The number of nitrogens with zero attached hydrogens (tertiary/aromatic N) is 1. The molecule has 0 saturated heterocycles. The van der Waals surface area contributed by atoms with E-state index in [0.29, 0.717) is 10.0 Å². The van der Waals surface area contributed by atoms with Gasteiger partial charge in [-0.2, -0.15) is 0 Å². The van der Waals surface area contributed by atoms with Crippen LogP contribution < -0.4 is 5.32 Å². The molecule has 3 rings (SSSR count). The monoisotopic (exact) mass is 305 g/mol. The minimum atomic E-state index is 0.527. The first kappa shape index (κ1) is 13.3. The van der Waals surface area contributed by atoms with E-state index < -0.39 is 0 Å². The quantitative estimate of drug-likeness (QED) is 0.744. The number of halogens is 2. The molecule has 0 fully saturated rings. The van der Waals surface area contributed by atoms with Gasteiger partial charge in [0.1, 0.15) is 5.82 Å². The van der Waals surface area contributed by atoms with Crippen molar-refractivity contribution in [3.05, 3.63) is 58.3 Å². The van der Waals surface area contributed by atoms with Crippen molar-refractivity contribution < 1.29 is 0 Å². The first-order valence-corrected chi connectivity index (χ1v) is 7.10. The van der Waals surface area contributed by atoms with Crippen LogP contribution in [0.4, 0.5) is 5.69 Å². The van der Waals surface area contributed by atoms with Gasteiger partial charge in [-0.25, -0.2) is 4.98 Å². The molecule has 1 heterocycles. The number of imidazole rings is 1. The number of hydrogen-bond donors (Lipinski definition) is 2. The van der Waals surface area contributed by atoms with Crippen molar-refractivity contribution >= 4 is 39.9 Å². The first-order chi connectivity index (χ1) is 9.72. The van der Waals surface area contributed by atoms with Crippen LogP contribution in [0.1, 0.15) is 5.82 Å². The molecule has 20 heavy (non-hydrogen) atoms. The Kier molecular flexibility index (Phi) is 3.81. The zero-order valence-electron chi connectivity index (χ0n) is 10.7. The Labute approximate surface area is 126 Å². The molecule has 0 aliphatic heterocycles. The van der Waals surface area contributed by atoms with E-state index in [4.69, 9.17) is 23.2 Å². The zero-order valence-corrected chi connectivity index (χ0v) is 12.2. The lowest BCUT2D eigenvalue weighted by molar-refractivity contribution is 0.935. The predicted octanol–water partition coefficient (Wildman–Crippen LogP) is 4.52. The van der Waals surface area contributed by atoms with Crippen LogP contribution in [0.25, 0.3) is 11.0 Å². The average Bonchev–Trinajstić information content (AvgIpc) is 2.82. The van der Waals surface area contributed by atoms with Crippen LogP contribution in [0.15, 0.2) is 42.5 Å². The maximum atomic E-state index is 5.99. The van der Waals surface area contributed by atoms with Crippen LogP contribution in [-0.4, -0.2) is 16.5 Å². The number of aromatic amines is 1. The zero-order chi connectivity index (χ0) is 13.9. The second-order valence-electron chi connectivity index (χ2n) is 4.51. The molecule has 0 aliphatic carbocycles. The van der Waals surface area contributed by atoms with Crippen molar-refractivity contribution in [2.75, 3.05) is 11.9 Å². The predicted molar refractivity (Wildman–Crippen MR) is 84.7 cm³/mol. The lowest BCUT2D eigenvalue weighted by Gasteiger charge is -2.03. The third-order valence-electron chi connectivity index (χ3n) is 3.04. The number of rotatable bonds is 4. The summed E-state index contributed by atoms with van der Waals surface area (Å²) in [5.74, 6) is 0.918. The summed E-state index contributed by atoms with van der Waals surface area (Å²) in [5.41, 5.74) is 2.86. The summed E-state index contributed by atoms with van der Waals surface area (Å²) in [6, 6.07) is 13.7. The summed E-state index contributed by atoms with van der Waals surface area (Å²) in [6.45, 7) is 0.811. The SMILES string of the molecule is Clc1cc2nc(CCNc3ccccc3)[nH]c2cc1Cl. The molecule has 0 atom stereocenters. The van der Waals surface area contributed by atoms with Gasteiger partial charge in [0.15, 0.2) is 0 Å². The summed E-state index contributed by atoms with van der Waals surface area (Å²) < 4.78 is 0. The van der Waals surface area contributed by atoms with Crippen molar-refractivity contribution in [3.8, 4) is 0 Å². The summed E-state index contributed by atoms with van der Waals surface area (Å²) in [7, 11) is 0. The van der Waals surface area contributed by atoms with Crippen LogP contribution in [0.3, 0.4) is 0 Å². The van der Waals surface area contributed by atoms with Crippen LogP contribution in [0.2, 0.25) is 10.0 Å². The van der Waals surface area contributed by atoms with Gasteiger partial charge in [-0.15, -0.1) is 0 Å². The summed E-state index contributed by atoms with van der Waals surface area (Å²) in [6.07, 6.45) is 0.804. The van der Waals surface area contributed by atoms with E-state index in [2.05, 4.69) is 15.3 Å². The maximum Gasteiger partial charge on any atom is 0.108 e. The normalized spacial score (nSPS) is 10.9. The van der Waals surface area contributed by atoms with Gasteiger partial charge in [0.25, 0.3) is 0 Å². The fourth-order valence-electron chi connectivity index (χ4n) is 2.06. The number of hydrogen-bond acceptors (Lipinski definition) is 2. The van der Waals surface area contributed by atoms with Crippen LogP contribution in [0, 0.1) is 0 Å². The molecule has 0 spiro atoms. The molecular weight excluding hydrogens is 293 g/mol. The Balaban J connectivity index is 1.69. The molecule has 2 N–H and O–H groups in total. The number of nitrogens with one attached hydrogen (secondary N) is 2. The van der Waals surface area contributed by atoms with Crippen LogP contribution in [0.5, 0.6) is 0 Å². The number of benzene rings is 2. The van der Waals surface area contributed by atoms with Gasteiger partial charge in [0.2, 0.25) is 0 Å². The van der Waals surface area contributed by atoms with Crippen molar-refractivity contribution in [1.82, 2.24) is 9.97 Å². The lowest BCUT2D eigenvalue weighted by atomic mass is 10.3. The highest BCUT2D eigenvalue weighted by atomic mass is 35.5. The van der Waals surface area contributed by atoms with E-state index in [0.717, 1.165) is 35.5 Å². The minimum Gasteiger partial charge on any atom is -0.385 e. The molecular formula is C15H13Cl2N3. The largest absolute Gasteiger partial charge is 0.385 e. The van der Waals surface area contributed by atoms with E-state index in [9.17, 15) is 0 Å². The molecule has 102 valence electrons. The third kappa shape index (κ3) is 2.89. The van der Waals surface area contributed by atoms with E-state index in [-0.39, 0.29) is 0 Å². The summed E-state index contributed by atoms with van der Waals surface area (Å²) >= 11 is 12.0. The maximum absolute atomic E-state index is 5.99. The molecule has 0 aliphatic rings. The Bertz CT molecular complexity index is 684. The van der Waals surface area contributed by atoms with Crippen molar-refractivity contribution in [3.63, 3.8) is 0 Å². The summed E-state index contributed by atoms with van der Waals surface area (Å²) in [5, 5.41) is 4.41. The van der Waals surface area contributed by atoms with Crippen molar-refractivity contribution in [2.24, 2.45) is 0 Å². The van der Waals surface area contributed by atoms with Gasteiger partial charge in [-0.3, -0.25) is 0 Å². The highest BCUT2D eigenvalue weighted by molar-refractivity contribution is 6.42. The number of aromatic nitrogens is 2. The lowest BCUT2D eigenvalue weighted by Crippen LogP contribution is -2.05. The van der Waals surface area contributed by atoms with Gasteiger partial charge < -0.3 is 10.3 Å². The molecule has 3 nitrogen and oxygen atoms in total. The fourth-order valence-corrected chi connectivity index (χ4v) is 2.38. The van der Waals surface area contributed by atoms with Gasteiger partial charge in [-0.05, 0) is 24.3 Å². The smallest absolute Gasteiger partial charge is 0.108 e. The molecule has 0 radical (unpaired) electrons. The fraction of sp³-hybridized carbons (Fsp3) is 0.133. The van der Waals surface area contributed by atoms with E-state index in [1.807, 2.05) is 30.3 Å². The number of anilines is 1. The Hall–Kier alpha value is -1.71. The highest BCUT2D eigenvalue weighted by Gasteiger charge is 2.06. The van der Waals surface area contributed by atoms with E-state index in [1.165, 1.54) is 0 Å². The second-order valence-corrected chi connectivity index (χ2v) is 5.32. The standard InChI is InChI=1S/C15H13Cl2N3/c16-11-8-13-14(9-12(11)17)20-15(19-13)6-7-18-10-4-2-1-3-5-10/h1-5,8-9,18H,6-7H2,(H,19,20). The molecule has 5 heteroatoms. The van der Waals surface area contributed by atoms with E-state index >= 15 is 0 Å². The molecule has 0 bridgehead atoms. The first-order valence-electron chi connectivity index (χ1n) is 6.35. The Morgan fingerprint density at radius 2 is 1.80 bits per heavy atom. The molecule has 3 aromatic rings. The molecule has 0 unspecified atom stereocenters. The van der Waals surface area contributed by atoms with Gasteiger partial charge in [-0.1, -0.05) is 41.4 Å². The number of fused-ring (bicyclic) bond motifs is 1. The minimum absolute atomic E-state index is 0.527. The van der Waals surface area contributed by atoms with Gasteiger partial charge >= 0.3 is 0 Å². The van der Waals surface area contributed by atoms with Crippen molar-refractivity contribution in [1.29, 1.82) is 0 Å². The molecule has 2 aromatic carbocycles. The Morgan fingerprint density at radius 3 is 2.60 bits per heavy atom. The summed E-state index contributed by atoms with van der Waals surface area (Å²) in [4.78, 5) is 7.76. The molecule has 0 saturated carbocycles. The average molecular weight is 306 g/mol. The third-order valence-corrected chi connectivity index (χ3v) is 3.76. The van der Waals surface area contributed by atoms with Crippen LogP contribution >= 0.6 is 23.2 Å². The number of H-pyrrole nitrogens is 1. The van der Waals surface area contributed by atoms with Crippen molar-refractivity contribution in [2.45, 2.75) is 6.42 Å². The number of para-hydroxylation sites is 1. The van der Waals surface area contributed by atoms with Crippen LogP contribution in [-0.2, 0) is 6.42 Å². The molecule has 1 aromatic heterocycles. The second kappa shape index (κ2) is 5.73. The van der Waals surface area contributed by atoms with Gasteiger partial charge in [0.05, 0.1) is 21.1 Å².